The summed E-state index contributed by atoms with van der Waals surface area (Å²) in [5.41, 5.74) is 0. The highest BCUT2D eigenvalue weighted by molar-refractivity contribution is 5.82. The number of piperidine rings is 1. The molecule has 0 aliphatic carbocycles. The van der Waals surface area contributed by atoms with Crippen molar-refractivity contribution < 1.29 is 14.7 Å². The monoisotopic (exact) mass is 242 g/mol. The number of carboxylic acid groups (broad SMARTS) is 1. The summed E-state index contributed by atoms with van der Waals surface area (Å²) in [6, 6.07) is -0.217. The zero-order valence-electron chi connectivity index (χ0n) is 10.5. The Kier molecular flexibility index (Phi) is 5.41. The van der Waals surface area contributed by atoms with E-state index < -0.39 is 5.97 Å². The van der Waals surface area contributed by atoms with Crippen molar-refractivity contribution >= 4 is 11.9 Å². The van der Waals surface area contributed by atoms with Crippen LogP contribution in [0.25, 0.3) is 0 Å². The minimum absolute atomic E-state index is 0.00455. The van der Waals surface area contributed by atoms with E-state index in [0.29, 0.717) is 12.3 Å². The number of amides is 1. The predicted molar refractivity (Wildman–Crippen MR) is 64.7 cm³/mol. The molecule has 0 saturated carbocycles. The third kappa shape index (κ3) is 4.73. The van der Waals surface area contributed by atoms with Crippen LogP contribution >= 0.6 is 0 Å². The summed E-state index contributed by atoms with van der Waals surface area (Å²) >= 11 is 0. The molecule has 0 aromatic carbocycles. The van der Waals surface area contributed by atoms with Gasteiger partial charge in [-0.25, -0.2) is 0 Å². The van der Waals surface area contributed by atoms with E-state index in [4.69, 9.17) is 5.11 Å². The smallest absolute Gasteiger partial charge is 0.303 e. The Balaban J connectivity index is 2.34. The summed E-state index contributed by atoms with van der Waals surface area (Å²) in [5, 5.41) is 14.6. The SMILES string of the molecule is CC(CCC(=O)O)NC(=O)C1NCCCC1C. The first-order chi connectivity index (χ1) is 8.00. The van der Waals surface area contributed by atoms with Gasteiger partial charge in [0.05, 0.1) is 6.04 Å². The molecule has 3 N–H and O–H groups in total. The number of hydrogen-bond donors (Lipinski definition) is 3. The van der Waals surface area contributed by atoms with Gasteiger partial charge in [0.2, 0.25) is 5.91 Å². The first kappa shape index (κ1) is 14.0. The van der Waals surface area contributed by atoms with Crippen LogP contribution < -0.4 is 10.6 Å². The quantitative estimate of drug-likeness (QED) is 0.664. The summed E-state index contributed by atoms with van der Waals surface area (Å²) in [5.74, 6) is -0.485. The third-order valence-corrected chi connectivity index (χ3v) is 3.23. The molecule has 5 nitrogen and oxygen atoms in total. The van der Waals surface area contributed by atoms with Crippen molar-refractivity contribution in [2.75, 3.05) is 6.54 Å². The second-order valence-corrected chi connectivity index (χ2v) is 4.89. The second-order valence-electron chi connectivity index (χ2n) is 4.89. The first-order valence-corrected chi connectivity index (χ1v) is 6.26. The fourth-order valence-corrected chi connectivity index (χ4v) is 2.15. The van der Waals surface area contributed by atoms with Crippen molar-refractivity contribution in [3.05, 3.63) is 0 Å². The molecule has 3 atom stereocenters. The Morgan fingerprint density at radius 1 is 1.53 bits per heavy atom. The van der Waals surface area contributed by atoms with Crippen LogP contribution in [-0.2, 0) is 9.59 Å². The van der Waals surface area contributed by atoms with Crippen LogP contribution in [0.2, 0.25) is 0 Å². The van der Waals surface area contributed by atoms with Gasteiger partial charge in [-0.3, -0.25) is 9.59 Å². The summed E-state index contributed by atoms with van der Waals surface area (Å²) in [4.78, 5) is 22.4. The van der Waals surface area contributed by atoms with Gasteiger partial charge in [0.15, 0.2) is 0 Å². The molecule has 5 heteroatoms. The summed E-state index contributed by atoms with van der Waals surface area (Å²) in [6.45, 7) is 4.79. The molecule has 98 valence electrons. The van der Waals surface area contributed by atoms with Gasteiger partial charge in [-0.2, -0.15) is 0 Å². The molecule has 3 unspecified atom stereocenters. The Morgan fingerprint density at radius 3 is 2.82 bits per heavy atom. The third-order valence-electron chi connectivity index (χ3n) is 3.23. The van der Waals surface area contributed by atoms with Crippen LogP contribution in [0.4, 0.5) is 0 Å². The number of hydrogen-bond acceptors (Lipinski definition) is 3. The van der Waals surface area contributed by atoms with E-state index in [1.807, 2.05) is 6.92 Å². The lowest BCUT2D eigenvalue weighted by atomic mass is 9.92. The highest BCUT2D eigenvalue weighted by Crippen LogP contribution is 2.15. The number of aliphatic carboxylic acids is 1. The van der Waals surface area contributed by atoms with Gasteiger partial charge in [-0.05, 0) is 38.6 Å². The Labute approximate surface area is 102 Å². The van der Waals surface area contributed by atoms with Crippen molar-refractivity contribution in [3.63, 3.8) is 0 Å². The van der Waals surface area contributed by atoms with Crippen LogP contribution in [0.3, 0.4) is 0 Å². The largest absolute Gasteiger partial charge is 0.481 e. The second kappa shape index (κ2) is 6.59. The number of nitrogens with one attached hydrogen (secondary N) is 2. The molecule has 0 bridgehead atoms. The van der Waals surface area contributed by atoms with Crippen molar-refractivity contribution in [1.82, 2.24) is 10.6 Å². The zero-order chi connectivity index (χ0) is 12.8. The molecule has 1 rings (SSSR count). The minimum atomic E-state index is -0.824. The zero-order valence-corrected chi connectivity index (χ0v) is 10.5. The van der Waals surface area contributed by atoms with Gasteiger partial charge in [-0.1, -0.05) is 6.92 Å². The molecule has 1 aliphatic rings. The fraction of sp³-hybridized carbons (Fsp3) is 0.833. The van der Waals surface area contributed by atoms with E-state index >= 15 is 0 Å². The number of carbonyl (C=O) groups is 2. The lowest BCUT2D eigenvalue weighted by Gasteiger charge is -2.30. The summed E-state index contributed by atoms with van der Waals surface area (Å²) in [6.07, 6.45) is 2.74. The molecule has 1 aliphatic heterocycles. The first-order valence-electron chi connectivity index (χ1n) is 6.26. The van der Waals surface area contributed by atoms with E-state index in [1.165, 1.54) is 0 Å². The number of rotatable bonds is 5. The van der Waals surface area contributed by atoms with Gasteiger partial charge >= 0.3 is 5.97 Å². The van der Waals surface area contributed by atoms with E-state index in [-0.39, 0.29) is 24.4 Å². The van der Waals surface area contributed by atoms with E-state index in [0.717, 1.165) is 19.4 Å². The van der Waals surface area contributed by atoms with Crippen LogP contribution in [0.5, 0.6) is 0 Å². The van der Waals surface area contributed by atoms with Gasteiger partial charge < -0.3 is 15.7 Å². The normalized spacial score (nSPS) is 26.2. The number of carboxylic acids is 1. The summed E-state index contributed by atoms with van der Waals surface area (Å²) in [7, 11) is 0. The van der Waals surface area contributed by atoms with Gasteiger partial charge in [0, 0.05) is 12.5 Å². The molecule has 0 spiro atoms. The predicted octanol–water partition coefficient (Wildman–Crippen LogP) is 0.744. The van der Waals surface area contributed by atoms with Crippen molar-refractivity contribution in [1.29, 1.82) is 0 Å². The highest BCUT2D eigenvalue weighted by Gasteiger charge is 2.27. The van der Waals surface area contributed by atoms with Crippen molar-refractivity contribution in [3.8, 4) is 0 Å². The molecular formula is C12H22N2O3. The lowest BCUT2D eigenvalue weighted by Crippen LogP contribution is -2.52. The molecule has 1 saturated heterocycles. The maximum Gasteiger partial charge on any atom is 0.303 e. The van der Waals surface area contributed by atoms with Crippen LogP contribution in [0.1, 0.15) is 39.5 Å². The Morgan fingerprint density at radius 2 is 2.24 bits per heavy atom. The van der Waals surface area contributed by atoms with Crippen molar-refractivity contribution in [2.45, 2.75) is 51.6 Å². The number of carbonyl (C=O) groups excluding carboxylic acids is 1. The van der Waals surface area contributed by atoms with E-state index in [2.05, 4.69) is 17.6 Å². The van der Waals surface area contributed by atoms with Crippen LogP contribution in [-0.4, -0.2) is 35.6 Å². The Bertz CT molecular complexity index is 281. The molecule has 17 heavy (non-hydrogen) atoms. The lowest BCUT2D eigenvalue weighted by molar-refractivity contribution is -0.137. The van der Waals surface area contributed by atoms with E-state index in [9.17, 15) is 9.59 Å². The molecule has 1 fully saturated rings. The van der Waals surface area contributed by atoms with Gasteiger partial charge in [0.1, 0.15) is 0 Å². The topological polar surface area (TPSA) is 78.4 Å². The van der Waals surface area contributed by atoms with Crippen LogP contribution in [0.15, 0.2) is 0 Å². The molecule has 1 amide bonds. The standard InChI is InChI=1S/C12H22N2O3/c1-8-4-3-7-13-11(8)12(17)14-9(2)5-6-10(15)16/h8-9,11,13H,3-7H2,1-2H3,(H,14,17)(H,15,16). The maximum atomic E-state index is 11.9. The fourth-order valence-electron chi connectivity index (χ4n) is 2.15. The minimum Gasteiger partial charge on any atom is -0.481 e. The average Bonchev–Trinajstić information content (AvgIpc) is 2.26. The summed E-state index contributed by atoms with van der Waals surface area (Å²) < 4.78 is 0. The van der Waals surface area contributed by atoms with Crippen LogP contribution in [0, 0.1) is 5.92 Å². The molecule has 1 heterocycles. The average molecular weight is 242 g/mol. The van der Waals surface area contributed by atoms with E-state index in [1.54, 1.807) is 0 Å². The van der Waals surface area contributed by atoms with Gasteiger partial charge in [0.25, 0.3) is 0 Å². The maximum absolute atomic E-state index is 11.9. The molecule has 0 aromatic heterocycles. The van der Waals surface area contributed by atoms with Crippen molar-refractivity contribution in [2.24, 2.45) is 5.92 Å². The molecular weight excluding hydrogens is 220 g/mol. The highest BCUT2D eigenvalue weighted by atomic mass is 16.4. The molecule has 0 radical (unpaired) electrons. The Hall–Kier alpha value is -1.10. The van der Waals surface area contributed by atoms with Gasteiger partial charge in [-0.15, -0.1) is 0 Å². The molecule has 0 aromatic rings.